The van der Waals surface area contributed by atoms with Crippen LogP contribution in [0.5, 0.6) is 17.2 Å². The average molecular weight is 415 g/mol. The molecule has 1 amide bonds. The van der Waals surface area contributed by atoms with E-state index in [1.807, 2.05) is 13.8 Å². The maximum Gasteiger partial charge on any atom is 0.344 e. The standard InChI is InChI=1S/C22H25NO7/c1-4-27-19-10-9-17(12-20(19)28-5-2)23-21(25)13-30-22(26)14-29-18-8-6-7-16(11-18)15(3)24/h6-12H,4-5,13-14H2,1-3H3,(H,23,25). The molecule has 2 rings (SSSR count). The zero-order valence-electron chi connectivity index (χ0n) is 17.2. The Bertz CT molecular complexity index is 895. The molecule has 2 aromatic carbocycles. The molecular formula is C22H25NO7. The molecule has 1 N–H and O–H groups in total. The molecule has 8 heteroatoms. The van der Waals surface area contributed by atoms with Crippen LogP contribution in [0.15, 0.2) is 42.5 Å². The minimum atomic E-state index is -0.708. The largest absolute Gasteiger partial charge is 0.490 e. The molecule has 30 heavy (non-hydrogen) atoms. The van der Waals surface area contributed by atoms with E-state index in [1.54, 1.807) is 36.4 Å². The summed E-state index contributed by atoms with van der Waals surface area (Å²) in [5.41, 5.74) is 0.960. The van der Waals surface area contributed by atoms with Crippen molar-refractivity contribution in [3.63, 3.8) is 0 Å². The van der Waals surface area contributed by atoms with Gasteiger partial charge in [0.15, 0.2) is 30.5 Å². The van der Waals surface area contributed by atoms with Gasteiger partial charge in [0.05, 0.1) is 13.2 Å². The Labute approximate surface area is 175 Å². The number of ketones is 1. The van der Waals surface area contributed by atoms with E-state index in [-0.39, 0.29) is 12.4 Å². The number of hydrogen-bond donors (Lipinski definition) is 1. The second kappa shape index (κ2) is 11.5. The van der Waals surface area contributed by atoms with Crippen molar-refractivity contribution >= 4 is 23.3 Å². The summed E-state index contributed by atoms with van der Waals surface area (Å²) in [6, 6.07) is 11.4. The predicted octanol–water partition coefficient (Wildman–Crippen LogP) is 3.25. The molecule has 0 aliphatic carbocycles. The fourth-order valence-electron chi connectivity index (χ4n) is 2.46. The van der Waals surface area contributed by atoms with Crippen LogP contribution in [0.3, 0.4) is 0 Å². The molecule has 8 nitrogen and oxygen atoms in total. The van der Waals surface area contributed by atoms with E-state index < -0.39 is 18.5 Å². The first-order valence-electron chi connectivity index (χ1n) is 9.51. The van der Waals surface area contributed by atoms with Crippen LogP contribution in [0.2, 0.25) is 0 Å². The quantitative estimate of drug-likeness (QED) is 0.444. The molecule has 0 unspecified atom stereocenters. The molecule has 0 aromatic heterocycles. The van der Waals surface area contributed by atoms with Crippen molar-refractivity contribution in [2.75, 3.05) is 31.7 Å². The predicted molar refractivity (Wildman–Crippen MR) is 110 cm³/mol. The SMILES string of the molecule is CCOc1ccc(NC(=O)COC(=O)COc2cccc(C(C)=O)c2)cc1OCC. The topological polar surface area (TPSA) is 100 Å². The number of esters is 1. The van der Waals surface area contributed by atoms with Crippen LogP contribution in [0.25, 0.3) is 0 Å². The summed E-state index contributed by atoms with van der Waals surface area (Å²) in [4.78, 5) is 35.2. The molecule has 0 aliphatic heterocycles. The van der Waals surface area contributed by atoms with Crippen molar-refractivity contribution in [2.45, 2.75) is 20.8 Å². The highest BCUT2D eigenvalue weighted by atomic mass is 16.6. The van der Waals surface area contributed by atoms with E-state index >= 15 is 0 Å². The number of rotatable bonds is 11. The lowest BCUT2D eigenvalue weighted by molar-refractivity contribution is -0.149. The number of carbonyl (C=O) groups is 3. The molecular weight excluding hydrogens is 390 g/mol. The minimum Gasteiger partial charge on any atom is -0.490 e. The monoisotopic (exact) mass is 415 g/mol. The molecule has 0 fully saturated rings. The van der Waals surface area contributed by atoms with Gasteiger partial charge >= 0.3 is 5.97 Å². The molecule has 2 aromatic rings. The molecule has 0 bridgehead atoms. The highest BCUT2D eigenvalue weighted by Crippen LogP contribution is 2.30. The van der Waals surface area contributed by atoms with E-state index in [0.29, 0.717) is 41.7 Å². The van der Waals surface area contributed by atoms with Crippen LogP contribution < -0.4 is 19.5 Å². The number of hydrogen-bond acceptors (Lipinski definition) is 7. The number of amides is 1. The summed E-state index contributed by atoms with van der Waals surface area (Å²) in [5, 5.41) is 2.63. The van der Waals surface area contributed by atoms with Gasteiger partial charge in [-0.15, -0.1) is 0 Å². The Morgan fingerprint density at radius 1 is 0.867 bits per heavy atom. The summed E-state index contributed by atoms with van der Waals surface area (Å²) >= 11 is 0. The van der Waals surface area contributed by atoms with Crippen LogP contribution >= 0.6 is 0 Å². The number of benzene rings is 2. The van der Waals surface area contributed by atoms with E-state index in [1.165, 1.54) is 13.0 Å². The van der Waals surface area contributed by atoms with Gasteiger partial charge in [0.2, 0.25) is 0 Å². The van der Waals surface area contributed by atoms with Gasteiger partial charge in [-0.05, 0) is 45.0 Å². The van der Waals surface area contributed by atoms with Crippen molar-refractivity contribution in [3.05, 3.63) is 48.0 Å². The van der Waals surface area contributed by atoms with Gasteiger partial charge in [-0.1, -0.05) is 12.1 Å². The zero-order valence-corrected chi connectivity index (χ0v) is 17.2. The number of ether oxygens (including phenoxy) is 4. The molecule has 0 aliphatic rings. The fourth-order valence-corrected chi connectivity index (χ4v) is 2.46. The summed E-state index contributed by atoms with van der Waals surface area (Å²) < 4.78 is 21.2. The molecule has 0 saturated carbocycles. The summed E-state index contributed by atoms with van der Waals surface area (Å²) in [6.45, 7) is 5.24. The van der Waals surface area contributed by atoms with Gasteiger partial charge in [0, 0.05) is 17.3 Å². The van der Waals surface area contributed by atoms with Crippen LogP contribution in [0.1, 0.15) is 31.1 Å². The fraction of sp³-hybridized carbons (Fsp3) is 0.318. The first-order chi connectivity index (χ1) is 14.4. The Morgan fingerprint density at radius 2 is 1.60 bits per heavy atom. The zero-order chi connectivity index (χ0) is 21.9. The van der Waals surface area contributed by atoms with Crippen LogP contribution in [0.4, 0.5) is 5.69 Å². The first kappa shape index (κ1) is 22.7. The normalized spacial score (nSPS) is 10.1. The van der Waals surface area contributed by atoms with Gasteiger partial charge in [0.1, 0.15) is 5.75 Å². The number of anilines is 1. The van der Waals surface area contributed by atoms with Crippen molar-refractivity contribution in [1.29, 1.82) is 0 Å². The average Bonchev–Trinajstić information content (AvgIpc) is 2.73. The number of Topliss-reactive ketones (excluding diaryl/α,β-unsaturated/α-hetero) is 1. The Morgan fingerprint density at radius 3 is 2.30 bits per heavy atom. The number of carbonyl (C=O) groups excluding carboxylic acids is 3. The van der Waals surface area contributed by atoms with Crippen LogP contribution in [-0.2, 0) is 14.3 Å². The van der Waals surface area contributed by atoms with Gasteiger partial charge in [-0.2, -0.15) is 0 Å². The van der Waals surface area contributed by atoms with E-state index in [0.717, 1.165) is 0 Å². The molecule has 0 spiro atoms. The van der Waals surface area contributed by atoms with Crippen molar-refractivity contribution in [3.8, 4) is 17.2 Å². The minimum absolute atomic E-state index is 0.110. The molecule has 160 valence electrons. The molecule has 0 radical (unpaired) electrons. The second-order valence-electron chi connectivity index (χ2n) is 6.11. The summed E-state index contributed by atoms with van der Waals surface area (Å²) in [5.74, 6) is 0.127. The lowest BCUT2D eigenvalue weighted by atomic mass is 10.1. The molecule has 0 saturated heterocycles. The third-order valence-electron chi connectivity index (χ3n) is 3.79. The van der Waals surface area contributed by atoms with Gasteiger partial charge in [-0.3, -0.25) is 9.59 Å². The number of nitrogens with one attached hydrogen (secondary N) is 1. The van der Waals surface area contributed by atoms with E-state index in [9.17, 15) is 14.4 Å². The Balaban J connectivity index is 1.82. The van der Waals surface area contributed by atoms with Crippen LogP contribution in [-0.4, -0.2) is 44.1 Å². The summed E-state index contributed by atoms with van der Waals surface area (Å²) in [6.07, 6.45) is 0. The van der Waals surface area contributed by atoms with Crippen molar-refractivity contribution in [2.24, 2.45) is 0 Å². The highest BCUT2D eigenvalue weighted by Gasteiger charge is 2.12. The maximum absolute atomic E-state index is 12.1. The Hall–Kier alpha value is -3.55. The first-order valence-corrected chi connectivity index (χ1v) is 9.51. The second-order valence-corrected chi connectivity index (χ2v) is 6.11. The van der Waals surface area contributed by atoms with E-state index in [2.05, 4.69) is 5.32 Å². The maximum atomic E-state index is 12.1. The van der Waals surface area contributed by atoms with E-state index in [4.69, 9.17) is 18.9 Å². The van der Waals surface area contributed by atoms with Crippen molar-refractivity contribution < 1.29 is 33.3 Å². The highest BCUT2D eigenvalue weighted by molar-refractivity contribution is 5.94. The molecule has 0 atom stereocenters. The van der Waals surface area contributed by atoms with Gasteiger partial charge in [-0.25, -0.2) is 4.79 Å². The van der Waals surface area contributed by atoms with Crippen LogP contribution in [0, 0.1) is 0 Å². The molecule has 0 heterocycles. The Kier molecular flexibility index (Phi) is 8.68. The third-order valence-corrected chi connectivity index (χ3v) is 3.79. The lowest BCUT2D eigenvalue weighted by Crippen LogP contribution is -2.23. The van der Waals surface area contributed by atoms with Gasteiger partial charge in [0.25, 0.3) is 5.91 Å². The summed E-state index contributed by atoms with van der Waals surface area (Å²) in [7, 11) is 0. The third kappa shape index (κ3) is 7.12. The smallest absolute Gasteiger partial charge is 0.344 e. The van der Waals surface area contributed by atoms with Gasteiger partial charge < -0.3 is 24.3 Å². The lowest BCUT2D eigenvalue weighted by Gasteiger charge is -2.13. The van der Waals surface area contributed by atoms with Crippen molar-refractivity contribution in [1.82, 2.24) is 0 Å².